The predicted octanol–water partition coefficient (Wildman–Crippen LogP) is -1.71. The number of carbonyl (C=O) groups is 1. The summed E-state index contributed by atoms with van der Waals surface area (Å²) in [4.78, 5) is 12.0. The summed E-state index contributed by atoms with van der Waals surface area (Å²) in [5.41, 5.74) is 0.786. The molecule has 9 nitrogen and oxygen atoms in total. The van der Waals surface area contributed by atoms with Gasteiger partial charge in [0.1, 0.15) is 42.9 Å². The van der Waals surface area contributed by atoms with E-state index in [0.717, 1.165) is 5.56 Å². The van der Waals surface area contributed by atoms with E-state index in [2.05, 4.69) is 0 Å². The Morgan fingerprint density at radius 2 is 1.77 bits per heavy atom. The second kappa shape index (κ2) is 7.87. The average molecular weight is 370 g/mol. The molecule has 26 heavy (non-hydrogen) atoms. The molecule has 2 unspecified atom stereocenters. The highest BCUT2D eigenvalue weighted by Gasteiger charge is 2.47. The number of phenols is 1. The van der Waals surface area contributed by atoms with Crippen LogP contribution in [0.15, 0.2) is 24.3 Å². The van der Waals surface area contributed by atoms with Crippen LogP contribution in [0.2, 0.25) is 0 Å². The summed E-state index contributed by atoms with van der Waals surface area (Å²) < 4.78 is 16.0. The molecule has 7 atom stereocenters. The van der Waals surface area contributed by atoms with E-state index in [9.17, 15) is 30.3 Å². The van der Waals surface area contributed by atoms with Crippen LogP contribution in [-0.4, -0.2) is 81.5 Å². The van der Waals surface area contributed by atoms with E-state index in [-0.39, 0.29) is 12.4 Å². The summed E-state index contributed by atoms with van der Waals surface area (Å²) in [6, 6.07) is 6.35. The van der Waals surface area contributed by atoms with E-state index >= 15 is 0 Å². The molecule has 2 fully saturated rings. The Labute approximate surface area is 149 Å². The van der Waals surface area contributed by atoms with Gasteiger partial charge in [0.25, 0.3) is 0 Å². The molecule has 0 aromatic heterocycles. The highest BCUT2D eigenvalue weighted by Crippen LogP contribution is 2.29. The number of ether oxygens (including phenoxy) is 3. The van der Waals surface area contributed by atoms with Gasteiger partial charge in [0.05, 0.1) is 12.5 Å². The van der Waals surface area contributed by atoms with Gasteiger partial charge in [-0.3, -0.25) is 4.79 Å². The number of hydrogen-bond acceptors (Lipinski definition) is 9. The van der Waals surface area contributed by atoms with E-state index in [1.165, 1.54) is 12.1 Å². The van der Waals surface area contributed by atoms with Crippen LogP contribution in [0.5, 0.6) is 5.75 Å². The Hall–Kier alpha value is -1.75. The highest BCUT2D eigenvalue weighted by molar-refractivity contribution is 5.75. The zero-order valence-corrected chi connectivity index (χ0v) is 13.8. The number of aliphatic hydroxyl groups excluding tert-OH is 4. The molecule has 2 saturated heterocycles. The lowest BCUT2D eigenvalue weighted by atomic mass is 9.95. The number of aromatic hydroxyl groups is 1. The molecule has 2 heterocycles. The Kier molecular flexibility index (Phi) is 5.76. The lowest BCUT2D eigenvalue weighted by Gasteiger charge is -2.40. The fourth-order valence-corrected chi connectivity index (χ4v) is 3.13. The van der Waals surface area contributed by atoms with E-state index in [0.29, 0.717) is 6.42 Å². The Bertz CT molecular complexity index is 617. The minimum atomic E-state index is -1.56. The molecule has 0 spiro atoms. The third kappa shape index (κ3) is 3.83. The van der Waals surface area contributed by atoms with Gasteiger partial charge in [0.2, 0.25) is 0 Å². The maximum absolute atomic E-state index is 12.0. The minimum absolute atomic E-state index is 0.0450. The van der Waals surface area contributed by atoms with E-state index in [1.807, 2.05) is 0 Å². The fourth-order valence-electron chi connectivity index (χ4n) is 3.13. The van der Waals surface area contributed by atoms with Crippen LogP contribution < -0.4 is 0 Å². The van der Waals surface area contributed by atoms with Gasteiger partial charge in [-0.05, 0) is 24.1 Å². The molecule has 9 heteroatoms. The van der Waals surface area contributed by atoms with Gasteiger partial charge < -0.3 is 39.7 Å². The van der Waals surface area contributed by atoms with Crippen molar-refractivity contribution in [1.29, 1.82) is 0 Å². The number of aliphatic hydroxyl groups is 4. The van der Waals surface area contributed by atoms with Crippen LogP contribution in [0, 0.1) is 5.92 Å². The minimum Gasteiger partial charge on any atom is -0.508 e. The lowest BCUT2D eigenvalue weighted by Crippen LogP contribution is -2.60. The number of esters is 1. The van der Waals surface area contributed by atoms with Crippen molar-refractivity contribution in [1.82, 2.24) is 0 Å². The molecule has 2 aliphatic rings. The normalized spacial score (nSPS) is 37.5. The fraction of sp³-hybridized carbons (Fsp3) is 0.588. The third-order valence-electron chi connectivity index (χ3n) is 4.69. The molecule has 0 radical (unpaired) electrons. The second-order valence-corrected chi connectivity index (χ2v) is 6.48. The summed E-state index contributed by atoms with van der Waals surface area (Å²) in [5, 5.41) is 48.2. The first-order valence-electron chi connectivity index (χ1n) is 8.31. The molecule has 3 rings (SSSR count). The SMILES string of the molecule is O=C1OC[C@H](OC2O[C@H](CO)[C@@H](O)[C@H](O)[C@H]2O)C1Cc1ccc(O)cc1. The number of hydrogen-bond donors (Lipinski definition) is 5. The molecule has 0 saturated carbocycles. The molecule has 0 aliphatic carbocycles. The topological polar surface area (TPSA) is 146 Å². The molecule has 1 aromatic rings. The first-order valence-corrected chi connectivity index (χ1v) is 8.31. The number of cyclic esters (lactones) is 1. The van der Waals surface area contributed by atoms with Crippen LogP contribution in [0.25, 0.3) is 0 Å². The third-order valence-corrected chi connectivity index (χ3v) is 4.69. The molecular formula is C17H22O9. The maximum Gasteiger partial charge on any atom is 0.312 e. The largest absolute Gasteiger partial charge is 0.508 e. The Morgan fingerprint density at radius 1 is 1.08 bits per heavy atom. The molecule has 5 N–H and O–H groups in total. The molecule has 2 aliphatic heterocycles. The van der Waals surface area contributed by atoms with Gasteiger partial charge in [0, 0.05) is 0 Å². The van der Waals surface area contributed by atoms with Crippen molar-refractivity contribution in [2.45, 2.75) is 43.2 Å². The number of carbonyl (C=O) groups excluding carboxylic acids is 1. The van der Waals surface area contributed by atoms with Gasteiger partial charge >= 0.3 is 5.97 Å². The van der Waals surface area contributed by atoms with Crippen LogP contribution in [0.4, 0.5) is 0 Å². The van der Waals surface area contributed by atoms with Crippen molar-refractivity contribution in [3.63, 3.8) is 0 Å². The van der Waals surface area contributed by atoms with E-state index in [1.54, 1.807) is 12.1 Å². The lowest BCUT2D eigenvalue weighted by molar-refractivity contribution is -0.313. The monoisotopic (exact) mass is 370 g/mol. The van der Waals surface area contributed by atoms with Gasteiger partial charge in [-0.25, -0.2) is 0 Å². The molecule has 0 amide bonds. The Balaban J connectivity index is 1.69. The Morgan fingerprint density at radius 3 is 2.42 bits per heavy atom. The summed E-state index contributed by atoms with van der Waals surface area (Å²) in [5.74, 6) is -1.02. The van der Waals surface area contributed by atoms with E-state index in [4.69, 9.17) is 14.2 Å². The quantitative estimate of drug-likeness (QED) is 0.383. The van der Waals surface area contributed by atoms with Gasteiger partial charge in [-0.1, -0.05) is 12.1 Å². The standard InChI is InChI=1S/C17H22O9/c18-6-11-13(20)14(21)15(22)17(25-11)26-12-7-24-16(23)10(12)5-8-1-3-9(19)4-2-8/h1-4,10-15,17-22H,5-7H2/t10?,11-,12+,13-,14+,15-,17?/m1/s1. The molecule has 1 aromatic carbocycles. The summed E-state index contributed by atoms with van der Waals surface area (Å²) >= 11 is 0. The summed E-state index contributed by atoms with van der Waals surface area (Å²) in [6.07, 6.45) is -7.44. The van der Waals surface area contributed by atoms with Gasteiger partial charge in [-0.2, -0.15) is 0 Å². The zero-order valence-electron chi connectivity index (χ0n) is 13.8. The summed E-state index contributed by atoms with van der Waals surface area (Å²) in [6.45, 7) is -0.613. The van der Waals surface area contributed by atoms with Crippen molar-refractivity contribution < 1.29 is 44.5 Å². The molecule has 0 bridgehead atoms. The van der Waals surface area contributed by atoms with E-state index < -0.39 is 55.3 Å². The van der Waals surface area contributed by atoms with Crippen LogP contribution in [0.1, 0.15) is 5.56 Å². The maximum atomic E-state index is 12.0. The van der Waals surface area contributed by atoms with Crippen LogP contribution in [0.3, 0.4) is 0 Å². The van der Waals surface area contributed by atoms with Crippen LogP contribution >= 0.6 is 0 Å². The molecular weight excluding hydrogens is 348 g/mol. The van der Waals surface area contributed by atoms with Crippen molar-refractivity contribution in [2.75, 3.05) is 13.2 Å². The summed E-state index contributed by atoms with van der Waals surface area (Å²) in [7, 11) is 0. The number of benzene rings is 1. The average Bonchev–Trinajstić information content (AvgIpc) is 2.97. The smallest absolute Gasteiger partial charge is 0.312 e. The zero-order chi connectivity index (χ0) is 18.8. The van der Waals surface area contributed by atoms with Gasteiger partial charge in [-0.15, -0.1) is 0 Å². The first-order chi connectivity index (χ1) is 12.4. The second-order valence-electron chi connectivity index (χ2n) is 6.48. The van der Waals surface area contributed by atoms with Gasteiger partial charge in [0.15, 0.2) is 6.29 Å². The van der Waals surface area contributed by atoms with Crippen molar-refractivity contribution in [2.24, 2.45) is 5.92 Å². The van der Waals surface area contributed by atoms with Crippen LogP contribution in [-0.2, 0) is 25.4 Å². The van der Waals surface area contributed by atoms with Crippen molar-refractivity contribution in [3.05, 3.63) is 29.8 Å². The molecule has 144 valence electrons. The predicted molar refractivity (Wildman–Crippen MR) is 84.9 cm³/mol. The van der Waals surface area contributed by atoms with Crippen molar-refractivity contribution in [3.8, 4) is 5.75 Å². The highest BCUT2D eigenvalue weighted by atomic mass is 16.7. The first kappa shape index (κ1) is 19.0. The van der Waals surface area contributed by atoms with Crippen molar-refractivity contribution >= 4 is 5.97 Å². The number of rotatable bonds is 5. The number of phenolic OH excluding ortho intramolecular Hbond substituents is 1.